The summed E-state index contributed by atoms with van der Waals surface area (Å²) in [7, 11) is 0. The van der Waals surface area contributed by atoms with E-state index in [1.165, 1.54) is 19.4 Å². The zero-order chi connectivity index (χ0) is 25.0. The number of hydrogen-bond donors (Lipinski definition) is 0. The first-order valence-electron chi connectivity index (χ1n) is 13.8. The van der Waals surface area contributed by atoms with E-state index in [-0.39, 0.29) is 24.8 Å². The molecule has 39 heavy (non-hydrogen) atoms. The van der Waals surface area contributed by atoms with Crippen LogP contribution in [0.3, 0.4) is 0 Å². The third kappa shape index (κ3) is 4.76. The van der Waals surface area contributed by atoms with E-state index in [0.29, 0.717) is 19.1 Å². The van der Waals surface area contributed by atoms with Crippen molar-refractivity contribution in [2.24, 2.45) is 0 Å². The van der Waals surface area contributed by atoms with Gasteiger partial charge in [0.2, 0.25) is 0 Å². The molecule has 7 rings (SSSR count). The van der Waals surface area contributed by atoms with Crippen molar-refractivity contribution in [1.29, 1.82) is 0 Å². The molecule has 0 aromatic heterocycles. The van der Waals surface area contributed by atoms with Gasteiger partial charge in [-0.2, -0.15) is 0 Å². The summed E-state index contributed by atoms with van der Waals surface area (Å²) < 4.78 is 4.38. The van der Waals surface area contributed by atoms with Crippen LogP contribution in [0.25, 0.3) is 0 Å². The van der Waals surface area contributed by atoms with E-state index in [2.05, 4.69) is 135 Å². The maximum atomic E-state index is 2.58. The second kappa shape index (κ2) is 11.4. The van der Waals surface area contributed by atoms with Crippen molar-refractivity contribution in [3.05, 3.63) is 166 Å². The van der Waals surface area contributed by atoms with Gasteiger partial charge in [0.15, 0.2) is 0 Å². The fourth-order valence-corrected chi connectivity index (χ4v) is 25.5. The molecule has 0 nitrogen and oxygen atoms in total. The first-order valence-corrected chi connectivity index (χ1v) is 20.1. The zero-order valence-electron chi connectivity index (χ0n) is 22.5. The molecule has 2 aromatic carbocycles. The van der Waals surface area contributed by atoms with Crippen molar-refractivity contribution in [3.63, 3.8) is 0 Å². The summed E-state index contributed by atoms with van der Waals surface area (Å²) >= 11 is -2.62. The van der Waals surface area contributed by atoms with Gasteiger partial charge >= 0.3 is 227 Å². The van der Waals surface area contributed by atoms with Crippen molar-refractivity contribution in [3.8, 4) is 0 Å². The van der Waals surface area contributed by atoms with E-state index in [4.69, 9.17) is 0 Å². The average molecular weight is 629 g/mol. The van der Waals surface area contributed by atoms with Gasteiger partial charge in [-0.25, -0.2) is 0 Å². The van der Waals surface area contributed by atoms with Crippen LogP contribution in [0.15, 0.2) is 155 Å². The van der Waals surface area contributed by atoms with Crippen LogP contribution in [0, 0.1) is 0 Å². The molecule has 3 heteroatoms. The van der Waals surface area contributed by atoms with Gasteiger partial charge < -0.3 is 24.8 Å². The molecule has 0 saturated carbocycles. The molecular formula is C36H34Cl2Zr. The molecular weight excluding hydrogens is 595 g/mol. The van der Waals surface area contributed by atoms with Crippen LogP contribution in [0.4, 0.5) is 0 Å². The molecule has 0 N–H and O–H groups in total. The quantitative estimate of drug-likeness (QED) is 0.482. The second-order valence-corrected chi connectivity index (χ2v) is 22.8. The van der Waals surface area contributed by atoms with Crippen LogP contribution in [0.2, 0.25) is 15.5 Å². The molecule has 0 radical (unpaired) electrons. The summed E-state index contributed by atoms with van der Waals surface area (Å²) in [6, 6.07) is 22.2. The Kier molecular flexibility index (Phi) is 8.26. The Morgan fingerprint density at radius 1 is 0.538 bits per heavy atom. The Labute approximate surface area is 250 Å². The van der Waals surface area contributed by atoms with E-state index in [0.717, 1.165) is 0 Å². The van der Waals surface area contributed by atoms with Crippen molar-refractivity contribution >= 4 is 0 Å². The molecule has 4 unspecified atom stereocenters. The fraction of sp³-hybridized carbons (Fsp3) is 0.222. The van der Waals surface area contributed by atoms with E-state index in [1.54, 1.807) is 33.4 Å². The van der Waals surface area contributed by atoms with Gasteiger partial charge in [0.1, 0.15) is 0 Å². The molecule has 0 amide bonds. The summed E-state index contributed by atoms with van der Waals surface area (Å²) in [4.78, 5) is 0. The number of allylic oxidation sites excluding steroid dienone is 16. The summed E-state index contributed by atoms with van der Waals surface area (Å²) in [5.41, 5.74) is 12.5. The molecule has 1 saturated heterocycles. The Balaban J connectivity index is 0.00000154. The van der Waals surface area contributed by atoms with Gasteiger partial charge in [0, 0.05) is 0 Å². The SMILES string of the molecule is CC1=CC2=C(C=CC=CC2c2ccccc2)[CH]1[Zr+2]1([CH]2C(C)=CC3=C2C=CC=CC3c2ccccc2)[CH2][CH2]1.[Cl-].[Cl-]. The van der Waals surface area contributed by atoms with Crippen LogP contribution in [0.1, 0.15) is 36.8 Å². The third-order valence-electron chi connectivity index (χ3n) is 9.31. The molecule has 1 aliphatic heterocycles. The number of benzene rings is 2. The molecule has 4 atom stereocenters. The molecule has 1 heterocycles. The maximum absolute atomic E-state index is 2.62. The predicted molar refractivity (Wildman–Crippen MR) is 154 cm³/mol. The summed E-state index contributed by atoms with van der Waals surface area (Å²) in [5, 5.41) is 0. The van der Waals surface area contributed by atoms with Gasteiger partial charge in [-0.15, -0.1) is 0 Å². The molecule has 196 valence electrons. The minimum atomic E-state index is -2.62. The first kappa shape index (κ1) is 28.4. The summed E-state index contributed by atoms with van der Waals surface area (Å²) in [6.45, 7) is 4.88. The third-order valence-corrected chi connectivity index (χ3v) is 22.8. The van der Waals surface area contributed by atoms with Crippen molar-refractivity contribution in [2.45, 2.75) is 41.2 Å². The monoisotopic (exact) mass is 626 g/mol. The van der Waals surface area contributed by atoms with Crippen molar-refractivity contribution in [2.75, 3.05) is 0 Å². The molecule has 5 aliphatic rings. The number of rotatable bonds is 4. The van der Waals surface area contributed by atoms with Gasteiger partial charge in [-0.05, 0) is 0 Å². The van der Waals surface area contributed by atoms with E-state index >= 15 is 0 Å². The predicted octanol–water partition coefficient (Wildman–Crippen LogP) is 3.91. The van der Waals surface area contributed by atoms with Gasteiger partial charge in [-0.1, -0.05) is 0 Å². The normalized spacial score (nSPS) is 26.7. The fourth-order valence-electron chi connectivity index (χ4n) is 7.76. The van der Waals surface area contributed by atoms with E-state index < -0.39 is 20.3 Å². The molecule has 1 fully saturated rings. The molecule has 0 bridgehead atoms. The Hall–Kier alpha value is -2.18. The van der Waals surface area contributed by atoms with Gasteiger partial charge in [-0.3, -0.25) is 0 Å². The Bertz CT molecular complexity index is 1380. The Morgan fingerprint density at radius 2 is 0.949 bits per heavy atom. The van der Waals surface area contributed by atoms with Crippen LogP contribution < -0.4 is 24.8 Å². The van der Waals surface area contributed by atoms with E-state index in [1.807, 2.05) is 0 Å². The smallest absolute Gasteiger partial charge is 1.00 e. The van der Waals surface area contributed by atoms with Crippen LogP contribution in [0.5, 0.6) is 0 Å². The average Bonchev–Trinajstić information content (AvgIpc) is 3.64. The number of hydrogen-bond acceptors (Lipinski definition) is 0. The minimum absolute atomic E-state index is 0. The number of halogens is 2. The van der Waals surface area contributed by atoms with Crippen LogP contribution >= 0.6 is 0 Å². The van der Waals surface area contributed by atoms with Crippen LogP contribution in [-0.2, 0) is 20.3 Å². The Morgan fingerprint density at radius 3 is 1.33 bits per heavy atom. The van der Waals surface area contributed by atoms with Crippen molar-refractivity contribution < 1.29 is 45.1 Å². The standard InChI is InChI=1S/2C17H15.C2H4.2ClH.Zr/c2*1-13-11-15-9-5-6-10-16(17(15)12-13)14-7-3-2-4-8-14;1-2;;;/h2*2-12,16H,1H3;1-2H2;2*1H;/q;;;;;+2/p-2. The minimum Gasteiger partial charge on any atom is -1.00 e. The molecule has 4 aliphatic carbocycles. The van der Waals surface area contributed by atoms with E-state index in [9.17, 15) is 0 Å². The second-order valence-electron chi connectivity index (χ2n) is 11.5. The topological polar surface area (TPSA) is 0 Å². The van der Waals surface area contributed by atoms with Crippen LogP contribution in [-0.4, -0.2) is 0 Å². The maximum Gasteiger partial charge on any atom is -1.00 e. The summed E-state index contributed by atoms with van der Waals surface area (Å²) in [6.07, 6.45) is 24.1. The van der Waals surface area contributed by atoms with Crippen molar-refractivity contribution in [1.82, 2.24) is 0 Å². The largest absolute Gasteiger partial charge is 1.00 e. The molecule has 0 spiro atoms. The molecule has 2 aromatic rings. The summed E-state index contributed by atoms with van der Waals surface area (Å²) in [5.74, 6) is 0.709. The zero-order valence-corrected chi connectivity index (χ0v) is 26.5. The van der Waals surface area contributed by atoms with Gasteiger partial charge in [0.25, 0.3) is 0 Å². The first-order chi connectivity index (χ1) is 18.2. The van der Waals surface area contributed by atoms with Gasteiger partial charge in [0.05, 0.1) is 0 Å².